The van der Waals surface area contributed by atoms with Gasteiger partial charge in [0.15, 0.2) is 11.5 Å². The number of ether oxygens (including phenoxy) is 1. The smallest absolute Gasteiger partial charge is 0.180 e. The number of aryl methyl sites for hydroxylation is 1. The lowest BCUT2D eigenvalue weighted by Gasteiger charge is -2.09. The summed E-state index contributed by atoms with van der Waals surface area (Å²) in [6.07, 6.45) is 5.50. The van der Waals surface area contributed by atoms with Crippen LogP contribution >= 0.6 is 15.9 Å². The maximum atomic E-state index is 5.70. The fourth-order valence-electron chi connectivity index (χ4n) is 2.06. The van der Waals surface area contributed by atoms with Crippen molar-refractivity contribution in [2.24, 2.45) is 0 Å². The minimum Gasteiger partial charge on any atom is -0.492 e. The molecule has 0 unspecified atom stereocenters. The van der Waals surface area contributed by atoms with Gasteiger partial charge in [-0.05, 0) is 40.5 Å². The SMILES string of the molecule is Cc1cccc(OCCNc2nc(Br)cn3ccnc23)c1. The molecule has 0 fully saturated rings. The summed E-state index contributed by atoms with van der Waals surface area (Å²) in [5.41, 5.74) is 1.99. The Morgan fingerprint density at radius 2 is 2.29 bits per heavy atom. The monoisotopic (exact) mass is 346 g/mol. The van der Waals surface area contributed by atoms with Crippen molar-refractivity contribution in [2.75, 3.05) is 18.5 Å². The van der Waals surface area contributed by atoms with E-state index in [4.69, 9.17) is 4.74 Å². The van der Waals surface area contributed by atoms with E-state index in [9.17, 15) is 0 Å². The summed E-state index contributed by atoms with van der Waals surface area (Å²) in [5.74, 6) is 1.62. The van der Waals surface area contributed by atoms with Crippen molar-refractivity contribution >= 4 is 27.4 Å². The van der Waals surface area contributed by atoms with E-state index < -0.39 is 0 Å². The Morgan fingerprint density at radius 3 is 3.14 bits per heavy atom. The summed E-state index contributed by atoms with van der Waals surface area (Å²) >= 11 is 3.39. The second-order valence-corrected chi connectivity index (χ2v) is 5.47. The predicted octanol–water partition coefficient (Wildman–Crippen LogP) is 3.29. The number of anilines is 1. The van der Waals surface area contributed by atoms with Crippen LogP contribution < -0.4 is 10.1 Å². The molecular formula is C15H15BrN4O. The average Bonchev–Trinajstić information content (AvgIpc) is 2.91. The first-order valence-electron chi connectivity index (χ1n) is 6.65. The third kappa shape index (κ3) is 3.33. The molecule has 0 radical (unpaired) electrons. The van der Waals surface area contributed by atoms with E-state index in [1.165, 1.54) is 5.56 Å². The molecule has 21 heavy (non-hydrogen) atoms. The zero-order chi connectivity index (χ0) is 14.7. The van der Waals surface area contributed by atoms with Crippen LogP contribution in [0.5, 0.6) is 5.75 Å². The van der Waals surface area contributed by atoms with Crippen LogP contribution in [-0.2, 0) is 0 Å². The number of rotatable bonds is 5. The summed E-state index contributed by atoms with van der Waals surface area (Å²) in [6, 6.07) is 8.01. The van der Waals surface area contributed by atoms with E-state index in [0.717, 1.165) is 21.8 Å². The van der Waals surface area contributed by atoms with E-state index in [1.54, 1.807) is 6.20 Å². The van der Waals surface area contributed by atoms with Gasteiger partial charge in [-0.15, -0.1) is 0 Å². The summed E-state index contributed by atoms with van der Waals surface area (Å²) in [7, 11) is 0. The molecule has 2 heterocycles. The van der Waals surface area contributed by atoms with Crippen LogP contribution in [0.1, 0.15) is 5.56 Å². The standard InChI is InChI=1S/C15H15BrN4O/c1-11-3-2-4-12(9-11)21-8-6-17-14-15-18-5-7-20(15)10-13(16)19-14/h2-5,7,9-10H,6,8H2,1H3,(H,17,19). The van der Waals surface area contributed by atoms with E-state index in [0.29, 0.717) is 13.2 Å². The number of aromatic nitrogens is 3. The molecule has 3 rings (SSSR count). The lowest BCUT2D eigenvalue weighted by atomic mass is 10.2. The van der Waals surface area contributed by atoms with E-state index >= 15 is 0 Å². The minimum absolute atomic E-state index is 0.560. The van der Waals surface area contributed by atoms with Crippen LogP contribution in [0.2, 0.25) is 0 Å². The topological polar surface area (TPSA) is 51.5 Å². The molecule has 0 spiro atoms. The zero-order valence-corrected chi connectivity index (χ0v) is 13.2. The maximum Gasteiger partial charge on any atom is 0.180 e. The van der Waals surface area contributed by atoms with E-state index in [2.05, 4.69) is 31.2 Å². The van der Waals surface area contributed by atoms with Gasteiger partial charge in [-0.2, -0.15) is 0 Å². The minimum atomic E-state index is 0.560. The van der Waals surface area contributed by atoms with Gasteiger partial charge in [-0.25, -0.2) is 9.97 Å². The van der Waals surface area contributed by atoms with Crippen molar-refractivity contribution in [1.29, 1.82) is 0 Å². The molecule has 6 heteroatoms. The molecule has 0 aliphatic heterocycles. The quantitative estimate of drug-likeness (QED) is 0.720. The molecule has 0 amide bonds. The summed E-state index contributed by atoms with van der Waals surface area (Å²) < 4.78 is 8.38. The normalized spacial score (nSPS) is 10.8. The first-order valence-corrected chi connectivity index (χ1v) is 7.44. The van der Waals surface area contributed by atoms with Crippen molar-refractivity contribution < 1.29 is 4.74 Å². The third-order valence-electron chi connectivity index (χ3n) is 3.00. The molecule has 0 atom stereocenters. The molecule has 1 aromatic carbocycles. The molecule has 1 N–H and O–H groups in total. The number of imidazole rings is 1. The summed E-state index contributed by atoms with van der Waals surface area (Å²) in [4.78, 5) is 8.68. The van der Waals surface area contributed by atoms with Gasteiger partial charge in [0.25, 0.3) is 0 Å². The number of halogens is 1. The summed E-state index contributed by atoms with van der Waals surface area (Å²) in [6.45, 7) is 3.26. The molecule has 108 valence electrons. The Kier molecular flexibility index (Phi) is 4.06. The van der Waals surface area contributed by atoms with E-state index in [1.807, 2.05) is 48.0 Å². The van der Waals surface area contributed by atoms with Crippen molar-refractivity contribution in [1.82, 2.24) is 14.4 Å². The van der Waals surface area contributed by atoms with Crippen LogP contribution in [-0.4, -0.2) is 27.5 Å². The number of hydrogen-bond acceptors (Lipinski definition) is 4. The van der Waals surface area contributed by atoms with Crippen LogP contribution in [0.3, 0.4) is 0 Å². The fourth-order valence-corrected chi connectivity index (χ4v) is 2.46. The third-order valence-corrected chi connectivity index (χ3v) is 3.38. The molecule has 2 aromatic heterocycles. The largest absolute Gasteiger partial charge is 0.492 e. The highest BCUT2D eigenvalue weighted by Crippen LogP contribution is 2.17. The Balaban J connectivity index is 1.61. The zero-order valence-electron chi connectivity index (χ0n) is 11.6. The molecule has 0 aliphatic carbocycles. The lowest BCUT2D eigenvalue weighted by Crippen LogP contribution is -2.13. The molecule has 0 bridgehead atoms. The highest BCUT2D eigenvalue weighted by molar-refractivity contribution is 9.10. The Labute approximate surface area is 131 Å². The molecule has 0 saturated heterocycles. The molecular weight excluding hydrogens is 332 g/mol. The van der Waals surface area contributed by atoms with Crippen LogP contribution in [0.4, 0.5) is 5.82 Å². The number of nitrogens with one attached hydrogen (secondary N) is 1. The van der Waals surface area contributed by atoms with Crippen molar-refractivity contribution in [3.05, 3.63) is 53.0 Å². The first kappa shape index (κ1) is 13.9. The number of benzene rings is 1. The van der Waals surface area contributed by atoms with Gasteiger partial charge in [-0.1, -0.05) is 12.1 Å². The Morgan fingerprint density at radius 1 is 1.38 bits per heavy atom. The lowest BCUT2D eigenvalue weighted by molar-refractivity contribution is 0.332. The van der Waals surface area contributed by atoms with E-state index in [-0.39, 0.29) is 0 Å². The van der Waals surface area contributed by atoms with Crippen molar-refractivity contribution in [3.63, 3.8) is 0 Å². The van der Waals surface area contributed by atoms with Crippen molar-refractivity contribution in [2.45, 2.75) is 6.92 Å². The second-order valence-electron chi connectivity index (χ2n) is 4.66. The van der Waals surface area contributed by atoms with Crippen LogP contribution in [0, 0.1) is 6.92 Å². The summed E-state index contributed by atoms with van der Waals surface area (Å²) in [5, 5.41) is 3.25. The first-order chi connectivity index (χ1) is 10.2. The number of hydrogen-bond donors (Lipinski definition) is 1. The maximum absolute atomic E-state index is 5.70. The molecule has 0 aliphatic rings. The number of fused-ring (bicyclic) bond motifs is 1. The molecule has 5 nitrogen and oxygen atoms in total. The highest BCUT2D eigenvalue weighted by atomic mass is 79.9. The highest BCUT2D eigenvalue weighted by Gasteiger charge is 2.05. The van der Waals surface area contributed by atoms with Gasteiger partial charge in [0.1, 0.15) is 17.0 Å². The van der Waals surface area contributed by atoms with Gasteiger partial charge in [0.2, 0.25) is 0 Å². The van der Waals surface area contributed by atoms with Crippen LogP contribution in [0.15, 0.2) is 47.5 Å². The predicted molar refractivity (Wildman–Crippen MR) is 85.9 cm³/mol. The Hall–Kier alpha value is -2.08. The van der Waals surface area contributed by atoms with Crippen molar-refractivity contribution in [3.8, 4) is 5.75 Å². The molecule has 3 aromatic rings. The molecule has 0 saturated carbocycles. The Bertz CT molecular complexity index is 756. The van der Waals surface area contributed by atoms with Gasteiger partial charge in [0.05, 0.1) is 6.54 Å². The average molecular weight is 347 g/mol. The van der Waals surface area contributed by atoms with Gasteiger partial charge in [-0.3, -0.25) is 0 Å². The van der Waals surface area contributed by atoms with Crippen LogP contribution in [0.25, 0.3) is 5.65 Å². The number of nitrogens with zero attached hydrogens (tertiary/aromatic N) is 3. The van der Waals surface area contributed by atoms with Gasteiger partial charge in [0, 0.05) is 18.6 Å². The fraction of sp³-hybridized carbons (Fsp3) is 0.200. The second kappa shape index (κ2) is 6.13. The van der Waals surface area contributed by atoms with Gasteiger partial charge < -0.3 is 14.5 Å². The van der Waals surface area contributed by atoms with Gasteiger partial charge >= 0.3 is 0 Å².